The van der Waals surface area contributed by atoms with Crippen molar-refractivity contribution >= 4 is 45.1 Å². The maximum absolute atomic E-state index is 5.28. The van der Waals surface area contributed by atoms with Gasteiger partial charge >= 0.3 is 0 Å². The van der Waals surface area contributed by atoms with E-state index in [2.05, 4.69) is 48.6 Å². The van der Waals surface area contributed by atoms with Crippen LogP contribution in [-0.4, -0.2) is 32.8 Å². The van der Waals surface area contributed by atoms with Gasteiger partial charge in [-0.1, -0.05) is 72.8 Å². The van der Waals surface area contributed by atoms with Crippen molar-refractivity contribution in [1.29, 1.82) is 0 Å². The average Bonchev–Trinajstić information content (AvgIpc) is 3.98. The van der Waals surface area contributed by atoms with Crippen LogP contribution in [0.4, 0.5) is 0 Å². The summed E-state index contributed by atoms with van der Waals surface area (Å²) in [6, 6.07) is 32.4. The second-order valence-corrected chi connectivity index (χ2v) is 11.5. The lowest BCUT2D eigenvalue weighted by molar-refractivity contribution is 1.26. The van der Waals surface area contributed by atoms with Gasteiger partial charge in [0.05, 0.1) is 68.2 Å². The molecule has 9 rings (SSSR count). The lowest BCUT2D eigenvalue weighted by Crippen LogP contribution is -2.04. The summed E-state index contributed by atoms with van der Waals surface area (Å²) >= 11 is 0. The van der Waals surface area contributed by atoms with Gasteiger partial charge in [-0.3, -0.25) is 9.97 Å². The Labute approximate surface area is 277 Å². The van der Waals surface area contributed by atoms with E-state index in [4.69, 9.17) is 29.9 Å². The SMILES string of the molecule is C1=CC2=C(c3ccccc3)C3=NC(=C(c4ccccn4)C4=NC(=C(c5ccccn5)C5=NC(=C(c6ccccc6)C1=N2)C=C5)C=C4)C=C3. The van der Waals surface area contributed by atoms with Gasteiger partial charge in [0, 0.05) is 23.5 Å². The van der Waals surface area contributed by atoms with Gasteiger partial charge in [-0.25, -0.2) is 20.0 Å². The molecule has 5 aliphatic heterocycles. The van der Waals surface area contributed by atoms with E-state index in [9.17, 15) is 0 Å². The minimum absolute atomic E-state index is 0.771. The van der Waals surface area contributed by atoms with Crippen molar-refractivity contribution in [2.45, 2.75) is 0 Å². The number of fused-ring (bicyclic) bond motifs is 4. The van der Waals surface area contributed by atoms with Crippen LogP contribution in [0, 0.1) is 0 Å². The molecule has 5 aliphatic rings. The van der Waals surface area contributed by atoms with E-state index in [-0.39, 0.29) is 0 Å². The number of aromatic nitrogens is 2. The maximum Gasteiger partial charge on any atom is 0.0753 e. The summed E-state index contributed by atoms with van der Waals surface area (Å²) in [6.07, 6.45) is 20.1. The molecule has 0 aliphatic carbocycles. The standard InChI is InChI=1S/C42H26N6/c1-3-11-27(12-4-1)39-31-17-18-32(45-31)40(28-13-5-2-6-14-28)34-20-22-36(47-34)42(30-16-8-10-26-44-30)38-24-23-37(48-38)41(29-15-7-9-25-43-29)35-21-19-33(39)46-35/h1-26H. The summed E-state index contributed by atoms with van der Waals surface area (Å²) in [7, 11) is 0. The second kappa shape index (κ2) is 11.6. The van der Waals surface area contributed by atoms with E-state index < -0.39 is 0 Å². The molecule has 0 spiro atoms. The minimum Gasteiger partial charge on any atom is -0.256 e. The Kier molecular flexibility index (Phi) is 6.68. The quantitative estimate of drug-likeness (QED) is 0.231. The summed E-state index contributed by atoms with van der Waals surface area (Å²) in [5, 5.41) is 0. The van der Waals surface area contributed by atoms with Crippen LogP contribution in [0.15, 0.2) is 201 Å². The Balaban J connectivity index is 1.37. The number of hydrogen-bond donors (Lipinski definition) is 0. The number of nitrogens with zero attached hydrogens (tertiary/aromatic N) is 6. The Bertz CT molecular complexity index is 2030. The summed E-state index contributed by atoms with van der Waals surface area (Å²) < 4.78 is 0. The van der Waals surface area contributed by atoms with Crippen LogP contribution in [0.3, 0.4) is 0 Å². The van der Waals surface area contributed by atoms with Crippen LogP contribution in [-0.2, 0) is 0 Å². The molecule has 2 aromatic heterocycles. The Morgan fingerprint density at radius 1 is 0.292 bits per heavy atom. The fourth-order valence-corrected chi connectivity index (χ4v) is 6.43. The molecule has 2 aromatic carbocycles. The third kappa shape index (κ3) is 4.84. The Hall–Kier alpha value is -6.66. The van der Waals surface area contributed by atoms with E-state index in [1.807, 2.05) is 97.1 Å². The van der Waals surface area contributed by atoms with Crippen molar-refractivity contribution in [2.75, 3.05) is 0 Å². The van der Waals surface area contributed by atoms with Gasteiger partial charge in [0.15, 0.2) is 0 Å². The van der Waals surface area contributed by atoms with Crippen molar-refractivity contribution in [2.24, 2.45) is 20.0 Å². The maximum atomic E-state index is 5.28. The zero-order chi connectivity index (χ0) is 31.9. The molecule has 0 atom stereocenters. The van der Waals surface area contributed by atoms with Gasteiger partial charge in [-0.2, -0.15) is 0 Å². The zero-order valence-corrected chi connectivity index (χ0v) is 25.7. The Morgan fingerprint density at radius 2 is 0.625 bits per heavy atom. The monoisotopic (exact) mass is 614 g/mol. The highest BCUT2D eigenvalue weighted by Crippen LogP contribution is 2.37. The predicted molar refractivity (Wildman–Crippen MR) is 195 cm³/mol. The number of aliphatic imine (C=N–C) groups is 4. The van der Waals surface area contributed by atoms with Crippen molar-refractivity contribution in [1.82, 2.24) is 9.97 Å². The van der Waals surface area contributed by atoms with Crippen molar-refractivity contribution in [3.05, 3.63) is 203 Å². The third-order valence-corrected chi connectivity index (χ3v) is 8.58. The van der Waals surface area contributed by atoms with Crippen LogP contribution in [0.5, 0.6) is 0 Å². The largest absolute Gasteiger partial charge is 0.256 e. The van der Waals surface area contributed by atoms with Crippen LogP contribution >= 0.6 is 0 Å². The first-order valence-corrected chi connectivity index (χ1v) is 15.8. The van der Waals surface area contributed by atoms with Crippen LogP contribution in [0.2, 0.25) is 0 Å². The normalized spacial score (nSPS) is 17.8. The molecule has 48 heavy (non-hydrogen) atoms. The molecule has 0 unspecified atom stereocenters. The molecule has 6 nitrogen and oxygen atoms in total. The van der Waals surface area contributed by atoms with Gasteiger partial charge in [0.25, 0.3) is 0 Å². The highest BCUT2D eigenvalue weighted by molar-refractivity contribution is 6.39. The first-order chi connectivity index (χ1) is 23.8. The topological polar surface area (TPSA) is 75.2 Å². The van der Waals surface area contributed by atoms with Crippen molar-refractivity contribution in [3.8, 4) is 0 Å². The summed E-state index contributed by atoms with van der Waals surface area (Å²) in [5.74, 6) is 0. The molecule has 0 radical (unpaired) electrons. The van der Waals surface area contributed by atoms with Gasteiger partial charge in [0.2, 0.25) is 0 Å². The molecule has 7 heterocycles. The van der Waals surface area contributed by atoms with Gasteiger partial charge < -0.3 is 0 Å². The van der Waals surface area contributed by atoms with E-state index in [1.54, 1.807) is 12.4 Å². The fourth-order valence-electron chi connectivity index (χ4n) is 6.43. The molecule has 4 aromatic rings. The Morgan fingerprint density at radius 3 is 0.979 bits per heavy atom. The third-order valence-electron chi connectivity index (χ3n) is 8.58. The minimum atomic E-state index is 0.771. The molecular weight excluding hydrogens is 589 g/mol. The lowest BCUT2D eigenvalue weighted by Gasteiger charge is -2.12. The smallest absolute Gasteiger partial charge is 0.0753 e. The molecular formula is C42H26N6. The molecule has 8 bridgehead atoms. The second-order valence-electron chi connectivity index (χ2n) is 11.5. The highest BCUT2D eigenvalue weighted by Gasteiger charge is 2.27. The number of benzene rings is 2. The highest BCUT2D eigenvalue weighted by atomic mass is 14.9. The van der Waals surface area contributed by atoms with Crippen LogP contribution in [0.1, 0.15) is 22.5 Å². The summed E-state index contributed by atoms with van der Waals surface area (Å²) in [6.45, 7) is 0. The average molecular weight is 615 g/mol. The summed E-state index contributed by atoms with van der Waals surface area (Å²) in [5.41, 5.74) is 13.7. The molecule has 0 N–H and O–H groups in total. The first kappa shape index (κ1) is 27.6. The molecule has 224 valence electrons. The number of hydrogen-bond acceptors (Lipinski definition) is 6. The van der Waals surface area contributed by atoms with Gasteiger partial charge in [0.1, 0.15) is 0 Å². The number of allylic oxidation sites excluding steroid dienone is 12. The summed E-state index contributed by atoms with van der Waals surface area (Å²) in [4.78, 5) is 30.5. The van der Waals surface area contributed by atoms with E-state index in [0.717, 1.165) is 90.4 Å². The van der Waals surface area contributed by atoms with E-state index >= 15 is 0 Å². The molecule has 0 amide bonds. The molecule has 0 saturated carbocycles. The van der Waals surface area contributed by atoms with Gasteiger partial charge in [-0.05, 0) is 84.0 Å². The van der Waals surface area contributed by atoms with E-state index in [1.165, 1.54) is 0 Å². The molecule has 0 saturated heterocycles. The first-order valence-electron chi connectivity index (χ1n) is 15.8. The van der Waals surface area contributed by atoms with Crippen LogP contribution < -0.4 is 0 Å². The number of rotatable bonds is 4. The number of pyridine rings is 2. The van der Waals surface area contributed by atoms with E-state index in [0.29, 0.717) is 0 Å². The molecule has 0 fully saturated rings. The lowest BCUT2D eigenvalue weighted by atomic mass is 9.99. The predicted octanol–water partition coefficient (Wildman–Crippen LogP) is 8.48. The van der Waals surface area contributed by atoms with Crippen molar-refractivity contribution in [3.63, 3.8) is 0 Å². The van der Waals surface area contributed by atoms with Crippen molar-refractivity contribution < 1.29 is 0 Å². The van der Waals surface area contributed by atoms with Gasteiger partial charge in [-0.15, -0.1) is 0 Å². The fraction of sp³-hybridized carbons (Fsp3) is 0. The molecule has 6 heteroatoms. The van der Waals surface area contributed by atoms with Crippen LogP contribution in [0.25, 0.3) is 22.3 Å². The zero-order valence-electron chi connectivity index (χ0n) is 25.7.